The monoisotopic (exact) mass is 420 g/mol. The van der Waals surface area contributed by atoms with Crippen LogP contribution in [-0.4, -0.2) is 30.6 Å². The van der Waals surface area contributed by atoms with Gasteiger partial charge in [-0.05, 0) is 55.5 Å². The molecule has 0 aliphatic heterocycles. The summed E-state index contributed by atoms with van der Waals surface area (Å²) in [7, 11) is 0. The van der Waals surface area contributed by atoms with Crippen LogP contribution in [0.25, 0.3) is 0 Å². The lowest BCUT2D eigenvalue weighted by molar-refractivity contribution is -0.274. The van der Waals surface area contributed by atoms with Crippen molar-refractivity contribution in [2.75, 3.05) is 18.0 Å². The molecule has 0 unspecified atom stereocenters. The van der Waals surface area contributed by atoms with Crippen molar-refractivity contribution >= 4 is 5.82 Å². The predicted molar refractivity (Wildman–Crippen MR) is 97.9 cm³/mol. The molecule has 0 radical (unpaired) electrons. The van der Waals surface area contributed by atoms with Crippen molar-refractivity contribution in [1.82, 2.24) is 4.98 Å². The van der Waals surface area contributed by atoms with E-state index in [1.165, 1.54) is 12.1 Å². The van der Waals surface area contributed by atoms with Crippen LogP contribution in [0, 0.1) is 0 Å². The number of benzene rings is 1. The van der Waals surface area contributed by atoms with Crippen LogP contribution < -0.4 is 9.64 Å². The molecule has 2 aromatic rings. The third kappa shape index (κ3) is 8.62. The lowest BCUT2D eigenvalue weighted by Gasteiger charge is -2.22. The van der Waals surface area contributed by atoms with Crippen LogP contribution in [0.4, 0.5) is 32.2 Å². The lowest BCUT2D eigenvalue weighted by Crippen LogP contribution is -2.26. The highest BCUT2D eigenvalue weighted by Gasteiger charge is 2.31. The average Bonchev–Trinajstić information content (AvgIpc) is 2.63. The molecule has 9 heteroatoms. The molecule has 1 aromatic heterocycles. The topological polar surface area (TPSA) is 25.4 Å². The molecule has 29 heavy (non-hydrogen) atoms. The van der Waals surface area contributed by atoms with E-state index in [0.29, 0.717) is 25.2 Å². The Bertz CT molecular complexity index is 742. The number of anilines is 1. The van der Waals surface area contributed by atoms with Gasteiger partial charge in [0.05, 0.1) is 0 Å². The van der Waals surface area contributed by atoms with Gasteiger partial charge in [-0.1, -0.05) is 18.2 Å². The van der Waals surface area contributed by atoms with Crippen molar-refractivity contribution in [3.05, 3.63) is 53.7 Å². The van der Waals surface area contributed by atoms with E-state index in [1.54, 1.807) is 29.3 Å². The van der Waals surface area contributed by atoms with Crippen molar-refractivity contribution in [2.45, 2.75) is 45.1 Å². The molecule has 0 amide bonds. The predicted octanol–water partition coefficient (Wildman–Crippen LogP) is 5.93. The Hall–Kier alpha value is -2.45. The number of halogens is 6. The van der Waals surface area contributed by atoms with Gasteiger partial charge in [0.1, 0.15) is 11.6 Å². The number of aryl methyl sites for hydroxylation is 2. The van der Waals surface area contributed by atoms with Crippen molar-refractivity contribution in [1.29, 1.82) is 0 Å². The lowest BCUT2D eigenvalue weighted by atomic mass is 10.1. The molecule has 1 heterocycles. The second-order valence-corrected chi connectivity index (χ2v) is 6.51. The fraction of sp³-hybridized carbons (Fsp3) is 0.450. The first-order valence-corrected chi connectivity index (χ1v) is 9.17. The molecule has 0 aliphatic carbocycles. The third-order valence-corrected chi connectivity index (χ3v) is 4.26. The minimum absolute atomic E-state index is 0.00875. The number of alkyl halides is 6. The fourth-order valence-corrected chi connectivity index (χ4v) is 2.80. The summed E-state index contributed by atoms with van der Waals surface area (Å²) in [6.45, 7) is 2.68. The van der Waals surface area contributed by atoms with Crippen molar-refractivity contribution < 1.29 is 31.1 Å². The molecule has 0 fully saturated rings. The van der Waals surface area contributed by atoms with Crippen LogP contribution in [0.1, 0.15) is 30.9 Å². The van der Waals surface area contributed by atoms with Crippen LogP contribution in [0.3, 0.4) is 0 Å². The van der Waals surface area contributed by atoms with Crippen LogP contribution in [0.15, 0.2) is 42.6 Å². The maximum atomic E-state index is 12.3. The Morgan fingerprint density at radius 2 is 1.52 bits per heavy atom. The summed E-state index contributed by atoms with van der Waals surface area (Å²) in [5, 5.41) is 0. The number of nitrogens with zero attached hydrogens (tertiary/aromatic N) is 2. The smallest absolute Gasteiger partial charge is 0.406 e. The third-order valence-electron chi connectivity index (χ3n) is 4.26. The SMILES string of the molecule is CCN(CCCC(F)(F)F)c1ccc(CCc2ccc(OC(F)(F)F)cc2)cn1. The zero-order valence-electron chi connectivity index (χ0n) is 15.9. The molecule has 0 saturated heterocycles. The Morgan fingerprint density at radius 1 is 0.897 bits per heavy atom. The van der Waals surface area contributed by atoms with E-state index < -0.39 is 19.0 Å². The van der Waals surface area contributed by atoms with Crippen LogP contribution in [0.2, 0.25) is 0 Å². The number of hydrogen-bond acceptors (Lipinski definition) is 3. The molecule has 0 N–H and O–H groups in total. The number of pyridine rings is 1. The van der Waals surface area contributed by atoms with Gasteiger partial charge in [0.25, 0.3) is 0 Å². The second kappa shape index (κ2) is 9.84. The van der Waals surface area contributed by atoms with Crippen molar-refractivity contribution in [3.8, 4) is 5.75 Å². The van der Waals surface area contributed by atoms with E-state index in [2.05, 4.69) is 9.72 Å². The molecule has 0 spiro atoms. The average molecular weight is 420 g/mol. The van der Waals surface area contributed by atoms with Gasteiger partial charge in [-0.3, -0.25) is 0 Å². The Kier molecular flexibility index (Phi) is 7.75. The summed E-state index contributed by atoms with van der Waals surface area (Å²) < 4.78 is 77.2. The summed E-state index contributed by atoms with van der Waals surface area (Å²) in [4.78, 5) is 6.12. The summed E-state index contributed by atoms with van der Waals surface area (Å²) in [5.41, 5.74) is 1.78. The first-order chi connectivity index (χ1) is 13.6. The van der Waals surface area contributed by atoms with E-state index in [4.69, 9.17) is 0 Å². The Labute approximate surface area is 165 Å². The molecule has 0 saturated carbocycles. The number of rotatable bonds is 9. The highest BCUT2D eigenvalue weighted by atomic mass is 19.4. The number of hydrogen-bond donors (Lipinski definition) is 0. The standard InChI is InChI=1S/C20H22F6N2O/c1-2-28(13-3-12-19(21,22)23)18-11-8-16(14-27-18)5-4-15-6-9-17(10-7-15)29-20(24,25)26/h6-11,14H,2-5,12-13H2,1H3. The van der Waals surface area contributed by atoms with Crippen LogP contribution >= 0.6 is 0 Å². The van der Waals surface area contributed by atoms with E-state index in [1.807, 2.05) is 13.0 Å². The normalized spacial score (nSPS) is 12.1. The molecule has 0 atom stereocenters. The van der Waals surface area contributed by atoms with Gasteiger partial charge in [-0.15, -0.1) is 13.2 Å². The summed E-state index contributed by atoms with van der Waals surface area (Å²) in [6, 6.07) is 9.31. The fourth-order valence-electron chi connectivity index (χ4n) is 2.80. The van der Waals surface area contributed by atoms with Gasteiger partial charge in [-0.25, -0.2) is 4.98 Å². The van der Waals surface area contributed by atoms with Gasteiger partial charge in [0.2, 0.25) is 0 Å². The number of aromatic nitrogens is 1. The largest absolute Gasteiger partial charge is 0.573 e. The minimum atomic E-state index is -4.71. The highest BCUT2D eigenvalue weighted by molar-refractivity contribution is 5.39. The quantitative estimate of drug-likeness (QED) is 0.470. The maximum Gasteiger partial charge on any atom is 0.573 e. The summed E-state index contributed by atoms with van der Waals surface area (Å²) in [5.74, 6) is 0.351. The summed E-state index contributed by atoms with van der Waals surface area (Å²) >= 11 is 0. The Morgan fingerprint density at radius 3 is 2.03 bits per heavy atom. The van der Waals surface area contributed by atoms with E-state index in [9.17, 15) is 26.3 Å². The molecular formula is C20H22F6N2O. The maximum absolute atomic E-state index is 12.3. The zero-order chi connectivity index (χ0) is 21.5. The molecule has 0 bridgehead atoms. The molecule has 2 rings (SSSR count). The second-order valence-electron chi connectivity index (χ2n) is 6.51. The summed E-state index contributed by atoms with van der Waals surface area (Å²) in [6.07, 6.45) is -6.78. The van der Waals surface area contributed by atoms with Crippen LogP contribution in [0.5, 0.6) is 5.75 Å². The van der Waals surface area contributed by atoms with Crippen molar-refractivity contribution in [3.63, 3.8) is 0 Å². The van der Waals surface area contributed by atoms with Gasteiger partial charge in [0, 0.05) is 25.7 Å². The molecule has 0 aliphatic rings. The van der Waals surface area contributed by atoms with E-state index in [-0.39, 0.29) is 18.7 Å². The molecule has 1 aromatic carbocycles. The van der Waals surface area contributed by atoms with Gasteiger partial charge < -0.3 is 9.64 Å². The van der Waals surface area contributed by atoms with Gasteiger partial charge >= 0.3 is 12.5 Å². The van der Waals surface area contributed by atoms with Crippen molar-refractivity contribution in [2.24, 2.45) is 0 Å². The molecule has 160 valence electrons. The highest BCUT2D eigenvalue weighted by Crippen LogP contribution is 2.24. The van der Waals surface area contributed by atoms with E-state index >= 15 is 0 Å². The Balaban J connectivity index is 1.86. The molecular weight excluding hydrogens is 398 g/mol. The van der Waals surface area contributed by atoms with Crippen LogP contribution in [-0.2, 0) is 12.8 Å². The first-order valence-electron chi connectivity index (χ1n) is 9.17. The first kappa shape index (κ1) is 22.8. The van der Waals surface area contributed by atoms with Gasteiger partial charge in [0.15, 0.2) is 0 Å². The minimum Gasteiger partial charge on any atom is -0.406 e. The van der Waals surface area contributed by atoms with E-state index in [0.717, 1.165) is 11.1 Å². The number of ether oxygens (including phenoxy) is 1. The van der Waals surface area contributed by atoms with Gasteiger partial charge in [-0.2, -0.15) is 13.2 Å². The zero-order valence-corrected chi connectivity index (χ0v) is 15.9. The molecule has 3 nitrogen and oxygen atoms in total.